The molecule has 1 unspecified atom stereocenters. The maximum atomic E-state index is 12.9. The summed E-state index contributed by atoms with van der Waals surface area (Å²) in [6.45, 7) is 6.09. The molecule has 0 bridgehead atoms. The fourth-order valence-electron chi connectivity index (χ4n) is 2.28. The van der Waals surface area contributed by atoms with Crippen LogP contribution in [0, 0.1) is 5.92 Å². The molecule has 0 radical (unpaired) electrons. The van der Waals surface area contributed by atoms with Crippen LogP contribution in [0.4, 0.5) is 4.79 Å². The first-order valence-corrected chi connectivity index (χ1v) is 9.38. The Hall–Kier alpha value is -2.06. The van der Waals surface area contributed by atoms with Crippen LogP contribution < -0.4 is 16.2 Å². The van der Waals surface area contributed by atoms with Crippen molar-refractivity contribution in [1.82, 2.24) is 20.2 Å². The van der Waals surface area contributed by atoms with E-state index in [-0.39, 0.29) is 11.5 Å². The minimum absolute atomic E-state index is 0.201. The zero-order valence-electron chi connectivity index (χ0n) is 15.0. The molecule has 0 aliphatic rings. The average Bonchev–Trinajstić information content (AvgIpc) is 2.58. The highest BCUT2D eigenvalue weighted by atomic mass is 35.5. The van der Waals surface area contributed by atoms with E-state index in [2.05, 4.69) is 15.6 Å². The number of carbonyl (C=O) groups excluding carboxylic acids is 2. The number of aromatic nitrogens is 2. The normalized spacial score (nSPS) is 12.2. The van der Waals surface area contributed by atoms with E-state index in [1.165, 1.54) is 7.05 Å². The van der Waals surface area contributed by atoms with Gasteiger partial charge in [-0.25, -0.2) is 9.78 Å². The van der Waals surface area contributed by atoms with Gasteiger partial charge in [0.15, 0.2) is 5.16 Å². The molecule has 0 aliphatic carbocycles. The van der Waals surface area contributed by atoms with Crippen LogP contribution in [0.5, 0.6) is 0 Å². The van der Waals surface area contributed by atoms with Gasteiger partial charge in [0, 0.05) is 18.6 Å². The van der Waals surface area contributed by atoms with Gasteiger partial charge >= 0.3 is 6.03 Å². The summed E-state index contributed by atoms with van der Waals surface area (Å²) in [7, 11) is 1.43. The van der Waals surface area contributed by atoms with Gasteiger partial charge in [-0.1, -0.05) is 37.2 Å². The van der Waals surface area contributed by atoms with Crippen molar-refractivity contribution in [2.24, 2.45) is 5.92 Å². The number of imide groups is 1. The number of fused-ring (bicyclic) bond motifs is 1. The Balaban J connectivity index is 2.44. The molecule has 1 heterocycles. The summed E-state index contributed by atoms with van der Waals surface area (Å²) in [6.07, 6.45) is 0. The van der Waals surface area contributed by atoms with E-state index in [1.807, 2.05) is 13.8 Å². The monoisotopic (exact) mass is 396 g/mol. The van der Waals surface area contributed by atoms with Gasteiger partial charge < -0.3 is 5.32 Å². The molecule has 140 valence electrons. The molecule has 1 atom stereocenters. The van der Waals surface area contributed by atoms with E-state index in [1.54, 1.807) is 29.7 Å². The highest BCUT2D eigenvalue weighted by molar-refractivity contribution is 8.00. The average molecular weight is 397 g/mol. The summed E-state index contributed by atoms with van der Waals surface area (Å²) in [5, 5.41) is 5.27. The van der Waals surface area contributed by atoms with Gasteiger partial charge in [-0.2, -0.15) is 0 Å². The number of urea groups is 1. The lowest BCUT2D eigenvalue weighted by molar-refractivity contribution is -0.119. The van der Waals surface area contributed by atoms with E-state index in [0.717, 1.165) is 11.8 Å². The Morgan fingerprint density at radius 2 is 2.00 bits per heavy atom. The first-order chi connectivity index (χ1) is 12.2. The third-order valence-corrected chi connectivity index (χ3v) is 4.87. The summed E-state index contributed by atoms with van der Waals surface area (Å²) in [5.41, 5.74) is 0.313. The molecule has 0 fully saturated rings. The molecule has 3 amide bonds. The minimum Gasteiger partial charge on any atom is -0.341 e. The first-order valence-electron chi connectivity index (χ1n) is 8.12. The van der Waals surface area contributed by atoms with Gasteiger partial charge in [-0.05, 0) is 31.0 Å². The number of nitrogens with zero attached hydrogens (tertiary/aromatic N) is 2. The standard InChI is InChI=1S/C17H21ClN4O3S/c1-9(2)8-22-15(24)12-7-11(18)5-6-13(12)20-17(22)26-10(3)14(23)21-16(25)19-4/h5-7,9-10H,8H2,1-4H3,(H2,19,21,23,25). The third-order valence-electron chi connectivity index (χ3n) is 3.54. The molecule has 0 aliphatic heterocycles. The number of amides is 3. The quantitative estimate of drug-likeness (QED) is 0.598. The van der Waals surface area contributed by atoms with Crippen molar-refractivity contribution in [3.8, 4) is 0 Å². The number of carbonyl (C=O) groups is 2. The fraction of sp³-hybridized carbons (Fsp3) is 0.412. The van der Waals surface area contributed by atoms with Crippen LogP contribution in [0.25, 0.3) is 10.9 Å². The SMILES string of the molecule is CNC(=O)NC(=O)C(C)Sc1nc2ccc(Cl)cc2c(=O)n1CC(C)C. The van der Waals surface area contributed by atoms with E-state index in [0.29, 0.717) is 27.6 Å². The molecule has 0 spiro atoms. The van der Waals surface area contributed by atoms with E-state index < -0.39 is 17.2 Å². The van der Waals surface area contributed by atoms with Crippen molar-refractivity contribution < 1.29 is 9.59 Å². The molecule has 9 heteroatoms. The van der Waals surface area contributed by atoms with Crippen LogP contribution in [-0.4, -0.2) is 33.8 Å². The van der Waals surface area contributed by atoms with E-state index in [9.17, 15) is 14.4 Å². The van der Waals surface area contributed by atoms with Crippen LogP contribution >= 0.6 is 23.4 Å². The lowest BCUT2D eigenvalue weighted by atomic mass is 10.2. The van der Waals surface area contributed by atoms with Crippen molar-refractivity contribution in [1.29, 1.82) is 0 Å². The number of nitrogens with one attached hydrogen (secondary N) is 2. The Morgan fingerprint density at radius 3 is 2.62 bits per heavy atom. The Kier molecular flexibility index (Phi) is 6.66. The van der Waals surface area contributed by atoms with Crippen LogP contribution in [0.15, 0.2) is 28.2 Å². The Labute approximate surface area is 160 Å². The summed E-state index contributed by atoms with van der Waals surface area (Å²) < 4.78 is 1.55. The molecule has 1 aromatic heterocycles. The van der Waals surface area contributed by atoms with Crippen molar-refractivity contribution in [3.63, 3.8) is 0 Å². The van der Waals surface area contributed by atoms with Crippen LogP contribution in [0.1, 0.15) is 20.8 Å². The van der Waals surface area contributed by atoms with Gasteiger partial charge in [-0.15, -0.1) is 0 Å². The predicted molar refractivity (Wildman–Crippen MR) is 104 cm³/mol. The highest BCUT2D eigenvalue weighted by Gasteiger charge is 2.21. The lowest BCUT2D eigenvalue weighted by Crippen LogP contribution is -2.41. The zero-order chi connectivity index (χ0) is 19.4. The maximum Gasteiger partial charge on any atom is 0.321 e. The van der Waals surface area contributed by atoms with Gasteiger partial charge in [0.1, 0.15) is 0 Å². The van der Waals surface area contributed by atoms with Gasteiger partial charge in [-0.3, -0.25) is 19.5 Å². The van der Waals surface area contributed by atoms with Crippen LogP contribution in [0.3, 0.4) is 0 Å². The van der Waals surface area contributed by atoms with Crippen molar-refractivity contribution in [2.75, 3.05) is 7.05 Å². The number of thioether (sulfide) groups is 1. The van der Waals surface area contributed by atoms with Crippen LogP contribution in [0.2, 0.25) is 5.02 Å². The molecular formula is C17H21ClN4O3S. The van der Waals surface area contributed by atoms with Crippen molar-refractivity contribution in [2.45, 2.75) is 37.7 Å². The molecular weight excluding hydrogens is 376 g/mol. The second kappa shape index (κ2) is 8.55. The Morgan fingerprint density at radius 1 is 1.31 bits per heavy atom. The summed E-state index contributed by atoms with van der Waals surface area (Å²) in [5.74, 6) is -0.253. The molecule has 0 saturated carbocycles. The fourth-order valence-corrected chi connectivity index (χ4v) is 3.37. The molecule has 2 rings (SSSR count). The Bertz CT molecular complexity index is 897. The maximum absolute atomic E-state index is 12.9. The largest absolute Gasteiger partial charge is 0.341 e. The molecule has 0 saturated heterocycles. The van der Waals surface area contributed by atoms with Crippen molar-refractivity contribution >= 4 is 46.2 Å². The summed E-state index contributed by atoms with van der Waals surface area (Å²) in [4.78, 5) is 40.9. The van der Waals surface area contributed by atoms with Crippen molar-refractivity contribution in [3.05, 3.63) is 33.6 Å². The third kappa shape index (κ3) is 4.76. The van der Waals surface area contributed by atoms with Gasteiger partial charge in [0.05, 0.1) is 16.2 Å². The van der Waals surface area contributed by atoms with Crippen LogP contribution in [-0.2, 0) is 11.3 Å². The second-order valence-electron chi connectivity index (χ2n) is 6.19. The van der Waals surface area contributed by atoms with Gasteiger partial charge in [0.2, 0.25) is 5.91 Å². The zero-order valence-corrected chi connectivity index (χ0v) is 16.6. The molecule has 7 nitrogen and oxygen atoms in total. The number of halogens is 1. The van der Waals surface area contributed by atoms with E-state index in [4.69, 9.17) is 11.6 Å². The van der Waals surface area contributed by atoms with Gasteiger partial charge in [0.25, 0.3) is 5.56 Å². The van der Waals surface area contributed by atoms with E-state index >= 15 is 0 Å². The highest BCUT2D eigenvalue weighted by Crippen LogP contribution is 2.24. The molecule has 1 aromatic carbocycles. The summed E-state index contributed by atoms with van der Waals surface area (Å²) in [6, 6.07) is 4.36. The number of hydrogen-bond donors (Lipinski definition) is 2. The second-order valence-corrected chi connectivity index (χ2v) is 7.94. The first kappa shape index (κ1) is 20.3. The molecule has 2 aromatic rings. The molecule has 26 heavy (non-hydrogen) atoms. The smallest absolute Gasteiger partial charge is 0.321 e. The number of benzene rings is 1. The number of rotatable bonds is 5. The minimum atomic E-state index is -0.609. The summed E-state index contributed by atoms with van der Waals surface area (Å²) >= 11 is 7.14. The molecule has 2 N–H and O–H groups in total. The predicted octanol–water partition coefficient (Wildman–Crippen LogP) is 2.64. The number of hydrogen-bond acceptors (Lipinski definition) is 5. The topological polar surface area (TPSA) is 93.1 Å². The lowest BCUT2D eigenvalue weighted by Gasteiger charge is -2.17.